The zero-order valence-corrected chi connectivity index (χ0v) is 21.4. The Hall–Kier alpha value is -3.68. The van der Waals surface area contributed by atoms with Crippen molar-refractivity contribution in [2.45, 2.75) is 6.61 Å². The minimum absolute atomic E-state index is 0.286. The first-order chi connectivity index (χ1) is 17.5. The van der Waals surface area contributed by atoms with Crippen molar-refractivity contribution in [2.75, 3.05) is 6.54 Å². The van der Waals surface area contributed by atoms with E-state index in [2.05, 4.69) is 40.2 Å². The van der Waals surface area contributed by atoms with E-state index in [4.69, 9.17) is 4.74 Å². The van der Waals surface area contributed by atoms with Gasteiger partial charge in [-0.05, 0) is 70.1 Å². The van der Waals surface area contributed by atoms with E-state index in [1.54, 1.807) is 30.3 Å². The summed E-state index contributed by atoms with van der Waals surface area (Å²) in [5.41, 5.74) is 2.28. The molecule has 1 saturated heterocycles. The molecule has 0 radical (unpaired) electrons. The number of rotatable bonds is 7. The molecule has 1 heterocycles. The van der Waals surface area contributed by atoms with E-state index in [-0.39, 0.29) is 17.2 Å². The van der Waals surface area contributed by atoms with Crippen LogP contribution in [0.3, 0.4) is 0 Å². The van der Waals surface area contributed by atoms with Gasteiger partial charge >= 0.3 is 0 Å². The molecule has 1 aliphatic rings. The molecular formula is C29H20BrNO4S. The minimum Gasteiger partial charge on any atom is -0.489 e. The van der Waals surface area contributed by atoms with Crippen LogP contribution in [-0.4, -0.2) is 28.4 Å². The van der Waals surface area contributed by atoms with E-state index >= 15 is 0 Å². The maximum Gasteiger partial charge on any atom is 0.293 e. The van der Waals surface area contributed by atoms with Crippen molar-refractivity contribution in [2.24, 2.45) is 0 Å². The number of fused-ring (bicyclic) bond motifs is 1. The molecule has 36 heavy (non-hydrogen) atoms. The number of thioether (sulfide) groups is 1. The smallest absolute Gasteiger partial charge is 0.293 e. The lowest BCUT2D eigenvalue weighted by Gasteiger charge is -2.11. The van der Waals surface area contributed by atoms with Gasteiger partial charge in [0.1, 0.15) is 12.4 Å². The monoisotopic (exact) mass is 557 g/mol. The lowest BCUT2D eigenvalue weighted by atomic mass is 10.1. The van der Waals surface area contributed by atoms with Crippen molar-refractivity contribution in [3.05, 3.63) is 117 Å². The third-order valence-corrected chi connectivity index (χ3v) is 7.17. The topological polar surface area (TPSA) is 63.7 Å². The first-order valence-electron chi connectivity index (χ1n) is 11.2. The first-order valence-corrected chi connectivity index (χ1v) is 12.8. The molecule has 4 aromatic rings. The number of ketones is 1. The number of halogens is 1. The number of amides is 2. The standard InChI is InChI=1S/C29H20BrNO4S/c30-24-11-9-22(10-12-24)26(32)17-31-28(33)27(36-29(31)34)16-19-6-13-25(14-7-19)35-18-20-5-8-21-3-1-2-4-23(21)15-20/h1-16H,17-18H2/b27-16-. The van der Waals surface area contributed by atoms with Gasteiger partial charge in [0.05, 0.1) is 11.4 Å². The summed E-state index contributed by atoms with van der Waals surface area (Å²) >= 11 is 4.16. The molecule has 0 N–H and O–H groups in total. The maximum absolute atomic E-state index is 12.8. The van der Waals surface area contributed by atoms with Crippen LogP contribution in [0, 0.1) is 0 Å². The second kappa shape index (κ2) is 10.5. The summed E-state index contributed by atoms with van der Waals surface area (Å²) < 4.78 is 6.76. The van der Waals surface area contributed by atoms with Gasteiger partial charge in [-0.2, -0.15) is 0 Å². The van der Waals surface area contributed by atoms with Crippen molar-refractivity contribution < 1.29 is 19.1 Å². The third-order valence-electron chi connectivity index (χ3n) is 5.74. The number of nitrogens with zero attached hydrogens (tertiary/aromatic N) is 1. The molecule has 0 aromatic heterocycles. The minimum atomic E-state index is -0.466. The molecule has 2 amide bonds. The van der Waals surface area contributed by atoms with Gasteiger partial charge in [0.15, 0.2) is 5.78 Å². The van der Waals surface area contributed by atoms with Gasteiger partial charge in [-0.3, -0.25) is 19.3 Å². The summed E-state index contributed by atoms with van der Waals surface area (Å²) in [6, 6.07) is 28.6. The summed E-state index contributed by atoms with van der Waals surface area (Å²) in [7, 11) is 0. The number of carbonyl (C=O) groups excluding carboxylic acids is 3. The second-order valence-electron chi connectivity index (χ2n) is 8.24. The van der Waals surface area contributed by atoms with Crippen LogP contribution in [0.1, 0.15) is 21.5 Å². The predicted molar refractivity (Wildman–Crippen MR) is 146 cm³/mol. The number of ether oxygens (including phenoxy) is 1. The number of carbonyl (C=O) groups is 3. The molecule has 0 spiro atoms. The van der Waals surface area contributed by atoms with Gasteiger partial charge in [0.25, 0.3) is 11.1 Å². The maximum atomic E-state index is 12.8. The summed E-state index contributed by atoms with van der Waals surface area (Å²) in [6.07, 6.45) is 1.65. The fraction of sp³-hybridized carbons (Fsp3) is 0.0690. The molecule has 4 aromatic carbocycles. The Morgan fingerprint density at radius 3 is 2.36 bits per heavy atom. The fourth-order valence-electron chi connectivity index (χ4n) is 3.81. The van der Waals surface area contributed by atoms with E-state index in [1.165, 1.54) is 10.8 Å². The van der Waals surface area contributed by atoms with Crippen LogP contribution >= 0.6 is 27.7 Å². The molecule has 0 bridgehead atoms. The predicted octanol–water partition coefficient (Wildman–Crippen LogP) is 7.10. The van der Waals surface area contributed by atoms with E-state index in [1.807, 2.05) is 42.5 Å². The van der Waals surface area contributed by atoms with E-state index in [0.717, 1.165) is 32.3 Å². The molecular weight excluding hydrogens is 538 g/mol. The number of hydrogen-bond acceptors (Lipinski definition) is 5. The third kappa shape index (κ3) is 5.42. The Balaban J connectivity index is 1.21. The summed E-state index contributed by atoms with van der Waals surface area (Å²) in [5, 5.41) is 1.90. The van der Waals surface area contributed by atoms with Crippen LogP contribution in [0.2, 0.25) is 0 Å². The van der Waals surface area contributed by atoms with Gasteiger partial charge in [0.2, 0.25) is 0 Å². The van der Waals surface area contributed by atoms with Crippen molar-refractivity contribution in [1.29, 1.82) is 0 Å². The largest absolute Gasteiger partial charge is 0.489 e. The highest BCUT2D eigenvalue weighted by molar-refractivity contribution is 9.10. The molecule has 7 heteroatoms. The lowest BCUT2D eigenvalue weighted by Crippen LogP contribution is -2.33. The second-order valence-corrected chi connectivity index (χ2v) is 10.1. The van der Waals surface area contributed by atoms with Crippen molar-refractivity contribution in [3.8, 4) is 5.75 Å². The van der Waals surface area contributed by atoms with Gasteiger partial charge in [-0.25, -0.2) is 0 Å². The summed E-state index contributed by atoms with van der Waals surface area (Å²) in [4.78, 5) is 39.0. The molecule has 1 aliphatic heterocycles. The van der Waals surface area contributed by atoms with Crippen LogP contribution in [-0.2, 0) is 11.4 Å². The van der Waals surface area contributed by atoms with Crippen molar-refractivity contribution in [3.63, 3.8) is 0 Å². The highest BCUT2D eigenvalue weighted by Gasteiger charge is 2.36. The van der Waals surface area contributed by atoms with E-state index in [0.29, 0.717) is 17.9 Å². The van der Waals surface area contributed by atoms with Gasteiger partial charge in [-0.15, -0.1) is 0 Å². The number of imide groups is 1. The average Bonchev–Trinajstić information content (AvgIpc) is 3.15. The highest BCUT2D eigenvalue weighted by atomic mass is 79.9. The Bertz CT molecular complexity index is 1500. The van der Waals surface area contributed by atoms with Crippen LogP contribution in [0.15, 0.2) is 100 Å². The van der Waals surface area contributed by atoms with Crippen LogP contribution in [0.5, 0.6) is 5.75 Å². The van der Waals surface area contributed by atoms with Crippen LogP contribution in [0.4, 0.5) is 4.79 Å². The molecule has 178 valence electrons. The first kappa shape index (κ1) is 24.0. The molecule has 0 aliphatic carbocycles. The van der Waals surface area contributed by atoms with Gasteiger partial charge in [0, 0.05) is 10.0 Å². The quantitative estimate of drug-likeness (QED) is 0.179. The van der Waals surface area contributed by atoms with Crippen LogP contribution in [0.25, 0.3) is 16.8 Å². The molecule has 5 nitrogen and oxygen atoms in total. The molecule has 0 saturated carbocycles. The average molecular weight is 558 g/mol. The molecule has 1 fully saturated rings. The van der Waals surface area contributed by atoms with Crippen molar-refractivity contribution in [1.82, 2.24) is 4.90 Å². The normalized spacial score (nSPS) is 14.6. The number of benzene rings is 4. The Kier molecular flexibility index (Phi) is 7.02. The Morgan fingerprint density at radius 2 is 1.61 bits per heavy atom. The Morgan fingerprint density at radius 1 is 0.889 bits per heavy atom. The summed E-state index contributed by atoms with van der Waals surface area (Å²) in [5.74, 6) is -0.0560. The summed E-state index contributed by atoms with van der Waals surface area (Å²) in [6.45, 7) is 0.153. The lowest BCUT2D eigenvalue weighted by molar-refractivity contribution is -0.122. The SMILES string of the molecule is O=C(CN1C(=O)S/C(=C\c2ccc(OCc3ccc4ccccc4c3)cc2)C1=O)c1ccc(Br)cc1. The van der Waals surface area contributed by atoms with E-state index in [9.17, 15) is 14.4 Å². The number of Topliss-reactive ketones (excluding diaryl/α,β-unsaturated/α-hetero) is 1. The van der Waals surface area contributed by atoms with Gasteiger partial charge in [-0.1, -0.05) is 76.6 Å². The zero-order chi connectivity index (χ0) is 25.1. The van der Waals surface area contributed by atoms with Crippen molar-refractivity contribution >= 4 is 61.5 Å². The van der Waals surface area contributed by atoms with Gasteiger partial charge < -0.3 is 4.74 Å². The van der Waals surface area contributed by atoms with Crippen LogP contribution < -0.4 is 4.74 Å². The zero-order valence-electron chi connectivity index (χ0n) is 19.0. The highest BCUT2D eigenvalue weighted by Crippen LogP contribution is 2.32. The molecule has 5 rings (SSSR count). The van der Waals surface area contributed by atoms with E-state index < -0.39 is 11.1 Å². The molecule has 0 atom stereocenters. The fourth-order valence-corrected chi connectivity index (χ4v) is 4.92. The number of hydrogen-bond donors (Lipinski definition) is 0. The Labute approximate surface area is 220 Å². The molecule has 0 unspecified atom stereocenters.